The molecule has 5 aromatic rings. The number of piperidine rings is 1. The summed E-state index contributed by atoms with van der Waals surface area (Å²) in [5, 5.41) is 14.7. The van der Waals surface area contributed by atoms with E-state index < -0.39 is 0 Å². The van der Waals surface area contributed by atoms with Gasteiger partial charge < -0.3 is 19.9 Å². The van der Waals surface area contributed by atoms with Gasteiger partial charge in [-0.3, -0.25) is 9.59 Å². The third-order valence-electron chi connectivity index (χ3n) is 8.22. The van der Waals surface area contributed by atoms with Gasteiger partial charge in [-0.2, -0.15) is 0 Å². The van der Waals surface area contributed by atoms with E-state index in [2.05, 4.69) is 10.2 Å². The van der Waals surface area contributed by atoms with Crippen LogP contribution in [-0.4, -0.2) is 40.4 Å². The van der Waals surface area contributed by atoms with Gasteiger partial charge >= 0.3 is 0 Å². The van der Waals surface area contributed by atoms with E-state index in [0.717, 1.165) is 65.0 Å². The highest BCUT2D eigenvalue weighted by Crippen LogP contribution is 2.28. The van der Waals surface area contributed by atoms with Crippen LogP contribution in [0.4, 0.5) is 17.1 Å². The smallest absolute Gasteiger partial charge is 0.167 e. The summed E-state index contributed by atoms with van der Waals surface area (Å²) in [4.78, 5) is 28.1. The minimum Gasteiger partial charge on any atom is -0.393 e. The van der Waals surface area contributed by atoms with Crippen LogP contribution in [0.15, 0.2) is 97.2 Å². The lowest BCUT2D eigenvalue weighted by Gasteiger charge is -2.31. The number of anilines is 3. The number of ketones is 2. The van der Waals surface area contributed by atoms with Gasteiger partial charge in [0.2, 0.25) is 0 Å². The van der Waals surface area contributed by atoms with Gasteiger partial charge in [0.15, 0.2) is 11.6 Å². The molecule has 2 N–H and O–H groups in total. The molecule has 6 rings (SSSR count). The van der Waals surface area contributed by atoms with Crippen LogP contribution in [0.25, 0.3) is 10.9 Å². The van der Waals surface area contributed by atoms with Crippen molar-refractivity contribution in [3.8, 4) is 0 Å². The van der Waals surface area contributed by atoms with Crippen LogP contribution >= 0.6 is 11.6 Å². The molecule has 0 atom stereocenters. The van der Waals surface area contributed by atoms with Crippen molar-refractivity contribution in [2.24, 2.45) is 7.05 Å². The monoisotopic (exact) mass is 591 g/mol. The van der Waals surface area contributed by atoms with Crippen LogP contribution in [0.2, 0.25) is 5.02 Å². The maximum Gasteiger partial charge on any atom is 0.167 e. The lowest BCUT2D eigenvalue weighted by atomic mass is 10.0. The zero-order chi connectivity index (χ0) is 29.9. The van der Waals surface area contributed by atoms with Gasteiger partial charge in [0, 0.05) is 72.6 Å². The van der Waals surface area contributed by atoms with Crippen molar-refractivity contribution in [3.63, 3.8) is 0 Å². The van der Waals surface area contributed by atoms with Gasteiger partial charge in [0.25, 0.3) is 0 Å². The first kappa shape index (κ1) is 28.7. The lowest BCUT2D eigenvalue weighted by molar-refractivity contribution is 0.0985. The van der Waals surface area contributed by atoms with Gasteiger partial charge in [-0.05, 0) is 96.8 Å². The summed E-state index contributed by atoms with van der Waals surface area (Å²) in [5.74, 6) is 0.115. The standard InChI is InChI=1S/C36H34ClN3O3/c1-39-17-14-27-23-28(7-13-34(27)39)36(43)22-25-4-12-33(32(37)20-25)38-29-8-2-24(3-9-29)21-35(42)26-5-10-30(11-6-26)40-18-15-31(41)16-19-40/h2-14,17,20,23,31,38,41H,15-16,18-19,21-22H2,1H3. The molecule has 0 aliphatic carbocycles. The molecule has 1 aliphatic rings. The van der Waals surface area contributed by atoms with E-state index in [9.17, 15) is 14.7 Å². The molecule has 1 saturated heterocycles. The molecule has 0 saturated carbocycles. The predicted octanol–water partition coefficient (Wildman–Crippen LogP) is 7.39. The van der Waals surface area contributed by atoms with E-state index in [1.54, 1.807) is 0 Å². The molecule has 1 aliphatic heterocycles. The van der Waals surface area contributed by atoms with Crippen molar-refractivity contribution >= 4 is 51.1 Å². The Balaban J connectivity index is 1.04. The SMILES string of the molecule is Cn1ccc2cc(C(=O)Cc3ccc(Nc4ccc(CC(=O)c5ccc(N6CCC(O)CC6)cc5)cc4)c(Cl)c3)ccc21. The quantitative estimate of drug-likeness (QED) is 0.175. The Bertz CT molecular complexity index is 1770. The topological polar surface area (TPSA) is 74.6 Å². The van der Waals surface area contributed by atoms with Gasteiger partial charge in [-0.1, -0.05) is 29.8 Å². The summed E-state index contributed by atoms with van der Waals surface area (Å²) in [6, 6.07) is 28.9. The van der Waals surface area contributed by atoms with Crippen LogP contribution in [0.3, 0.4) is 0 Å². The fourth-order valence-corrected chi connectivity index (χ4v) is 5.89. The number of Topliss-reactive ketones (excluding diaryl/α,β-unsaturated/α-hetero) is 2. The fraction of sp³-hybridized carbons (Fsp3) is 0.222. The van der Waals surface area contributed by atoms with Crippen LogP contribution < -0.4 is 10.2 Å². The van der Waals surface area contributed by atoms with Crippen molar-refractivity contribution in [2.45, 2.75) is 31.8 Å². The number of hydrogen-bond donors (Lipinski definition) is 2. The number of benzene rings is 4. The Morgan fingerprint density at radius 1 is 0.814 bits per heavy atom. The third-order valence-corrected chi connectivity index (χ3v) is 8.53. The Morgan fingerprint density at radius 3 is 2.19 bits per heavy atom. The van der Waals surface area contributed by atoms with Gasteiger partial charge in [-0.15, -0.1) is 0 Å². The summed E-state index contributed by atoms with van der Waals surface area (Å²) < 4.78 is 2.03. The zero-order valence-corrected chi connectivity index (χ0v) is 24.8. The van der Waals surface area contributed by atoms with Gasteiger partial charge in [0.05, 0.1) is 16.8 Å². The van der Waals surface area contributed by atoms with Crippen molar-refractivity contribution < 1.29 is 14.7 Å². The lowest BCUT2D eigenvalue weighted by Crippen LogP contribution is -2.35. The highest BCUT2D eigenvalue weighted by Gasteiger charge is 2.18. The summed E-state index contributed by atoms with van der Waals surface area (Å²) in [6.45, 7) is 1.66. The zero-order valence-electron chi connectivity index (χ0n) is 24.1. The Morgan fingerprint density at radius 2 is 1.47 bits per heavy atom. The van der Waals surface area contributed by atoms with Crippen molar-refractivity contribution in [1.29, 1.82) is 0 Å². The minimum atomic E-state index is -0.208. The molecule has 218 valence electrons. The van der Waals surface area contributed by atoms with E-state index in [0.29, 0.717) is 22.6 Å². The number of halogens is 1. The molecule has 43 heavy (non-hydrogen) atoms. The van der Waals surface area contributed by atoms with Crippen LogP contribution in [0.5, 0.6) is 0 Å². The van der Waals surface area contributed by atoms with Crippen molar-refractivity contribution in [3.05, 3.63) is 124 Å². The van der Waals surface area contributed by atoms with Crippen LogP contribution in [0.1, 0.15) is 44.7 Å². The van der Waals surface area contributed by atoms with Crippen molar-refractivity contribution in [2.75, 3.05) is 23.3 Å². The number of hydrogen-bond acceptors (Lipinski definition) is 5. The van der Waals surface area contributed by atoms with Gasteiger partial charge in [0.1, 0.15) is 0 Å². The first-order valence-electron chi connectivity index (χ1n) is 14.6. The summed E-state index contributed by atoms with van der Waals surface area (Å²) in [5.41, 5.74) is 6.94. The Kier molecular flexibility index (Phi) is 8.32. The largest absolute Gasteiger partial charge is 0.393 e. The Labute approximate surface area is 256 Å². The second kappa shape index (κ2) is 12.5. The highest BCUT2D eigenvalue weighted by molar-refractivity contribution is 6.33. The molecule has 4 aromatic carbocycles. The molecule has 0 radical (unpaired) electrons. The molecule has 6 nitrogen and oxygen atoms in total. The Hall–Kier alpha value is -4.39. The highest BCUT2D eigenvalue weighted by atomic mass is 35.5. The molecule has 1 aromatic heterocycles. The number of nitrogens with zero attached hydrogens (tertiary/aromatic N) is 2. The third kappa shape index (κ3) is 6.66. The number of carbonyl (C=O) groups excluding carboxylic acids is 2. The van der Waals surface area contributed by atoms with Crippen LogP contribution in [-0.2, 0) is 19.9 Å². The molecule has 2 heterocycles. The van der Waals surface area contributed by atoms with Crippen molar-refractivity contribution in [1.82, 2.24) is 4.57 Å². The molecule has 7 heteroatoms. The molecule has 0 bridgehead atoms. The predicted molar refractivity (Wildman–Crippen MR) is 174 cm³/mol. The first-order chi connectivity index (χ1) is 20.8. The maximum absolute atomic E-state index is 12.9. The summed E-state index contributed by atoms with van der Waals surface area (Å²) >= 11 is 6.59. The number of carbonyl (C=O) groups is 2. The van der Waals surface area contributed by atoms with Crippen LogP contribution in [0, 0.1) is 0 Å². The first-order valence-corrected chi connectivity index (χ1v) is 15.0. The fourth-order valence-electron chi connectivity index (χ4n) is 5.64. The molecular weight excluding hydrogens is 558 g/mol. The van der Waals surface area contributed by atoms with E-state index in [-0.39, 0.29) is 24.1 Å². The number of rotatable bonds is 9. The number of aliphatic hydroxyl groups excluding tert-OH is 1. The van der Waals surface area contributed by atoms with E-state index in [1.807, 2.05) is 109 Å². The molecule has 1 fully saturated rings. The maximum atomic E-state index is 12.9. The normalized spacial score (nSPS) is 13.8. The summed E-state index contributed by atoms with van der Waals surface area (Å²) in [7, 11) is 1.99. The second-order valence-electron chi connectivity index (χ2n) is 11.3. The van der Waals surface area contributed by atoms with E-state index in [4.69, 9.17) is 11.6 Å². The number of fused-ring (bicyclic) bond motifs is 1. The molecule has 0 amide bonds. The number of aryl methyl sites for hydroxylation is 1. The number of aliphatic hydroxyl groups is 1. The second-order valence-corrected chi connectivity index (χ2v) is 11.7. The molecule has 0 spiro atoms. The molecular formula is C36H34ClN3O3. The van der Waals surface area contributed by atoms with E-state index >= 15 is 0 Å². The number of aromatic nitrogens is 1. The van der Waals surface area contributed by atoms with Gasteiger partial charge in [-0.25, -0.2) is 0 Å². The molecule has 0 unspecified atom stereocenters. The summed E-state index contributed by atoms with van der Waals surface area (Å²) in [6.07, 6.45) is 3.91. The average molecular weight is 592 g/mol. The van der Waals surface area contributed by atoms with E-state index in [1.165, 1.54) is 0 Å². The average Bonchev–Trinajstić information content (AvgIpc) is 3.39. The minimum absolute atomic E-state index is 0.0475. The number of nitrogens with one attached hydrogen (secondary N) is 1.